The number of carbonyl (C=O) groups excluding carboxylic acids is 1. The van der Waals surface area contributed by atoms with E-state index in [0.29, 0.717) is 19.3 Å². The second-order valence-corrected chi connectivity index (χ2v) is 9.98. The van der Waals surface area contributed by atoms with E-state index in [0.717, 1.165) is 51.4 Å². The lowest BCUT2D eigenvalue weighted by molar-refractivity contribution is -0.147. The van der Waals surface area contributed by atoms with E-state index in [-0.39, 0.29) is 30.0 Å². The molecule has 32 heavy (non-hydrogen) atoms. The number of hydrogen-bond acceptors (Lipinski definition) is 5. The fourth-order valence-electron chi connectivity index (χ4n) is 4.82. The summed E-state index contributed by atoms with van der Waals surface area (Å²) < 4.78 is 5.14. The van der Waals surface area contributed by atoms with Crippen LogP contribution < -0.4 is 0 Å². The maximum Gasteiger partial charge on any atom is 0.306 e. The first-order chi connectivity index (χ1) is 15.3. The zero-order chi connectivity index (χ0) is 23.8. The molecule has 1 aliphatic rings. The molecule has 1 rings (SSSR count). The highest BCUT2D eigenvalue weighted by Gasteiger charge is 2.40. The van der Waals surface area contributed by atoms with Crippen LogP contribution in [-0.2, 0) is 9.53 Å². The van der Waals surface area contributed by atoms with Gasteiger partial charge in [-0.25, -0.2) is 0 Å². The van der Waals surface area contributed by atoms with Crippen LogP contribution in [0.1, 0.15) is 117 Å². The third-order valence-corrected chi connectivity index (χ3v) is 6.69. The minimum absolute atomic E-state index is 0.0440. The molecule has 0 aromatic rings. The van der Waals surface area contributed by atoms with Crippen LogP contribution in [0, 0.1) is 11.8 Å². The van der Waals surface area contributed by atoms with Gasteiger partial charge in [-0.05, 0) is 77.0 Å². The van der Waals surface area contributed by atoms with Crippen molar-refractivity contribution in [2.24, 2.45) is 11.8 Å². The zero-order valence-electron chi connectivity index (χ0n) is 20.9. The summed E-state index contributed by atoms with van der Waals surface area (Å²) in [5.74, 6) is 0.0251. The molecule has 3 N–H and O–H groups in total. The molecule has 1 saturated carbocycles. The van der Waals surface area contributed by atoms with E-state index in [1.54, 1.807) is 0 Å². The van der Waals surface area contributed by atoms with Crippen molar-refractivity contribution in [3.63, 3.8) is 0 Å². The first-order valence-electron chi connectivity index (χ1n) is 13.2. The van der Waals surface area contributed by atoms with E-state index < -0.39 is 12.2 Å². The Bertz CT molecular complexity index is 504. The highest BCUT2D eigenvalue weighted by molar-refractivity contribution is 5.69. The van der Waals surface area contributed by atoms with Crippen molar-refractivity contribution in [3.8, 4) is 0 Å². The Morgan fingerprint density at radius 3 is 2.34 bits per heavy atom. The number of aliphatic hydroxyl groups is 3. The van der Waals surface area contributed by atoms with Gasteiger partial charge in [0.2, 0.25) is 0 Å². The predicted octanol–water partition coefficient (Wildman–Crippen LogP) is 5.69. The second-order valence-electron chi connectivity index (χ2n) is 9.98. The van der Waals surface area contributed by atoms with Crippen LogP contribution in [0.4, 0.5) is 0 Å². The van der Waals surface area contributed by atoms with Gasteiger partial charge < -0.3 is 20.1 Å². The fraction of sp³-hybridized carbons (Fsp3) is 0.889. The molecule has 0 aromatic heterocycles. The van der Waals surface area contributed by atoms with Gasteiger partial charge in [0.25, 0.3) is 0 Å². The number of allylic oxidation sites excluding steroid dienone is 2. The van der Waals surface area contributed by atoms with Crippen molar-refractivity contribution in [1.82, 2.24) is 0 Å². The molecule has 1 aliphatic carbocycles. The van der Waals surface area contributed by atoms with Gasteiger partial charge in [-0.2, -0.15) is 0 Å². The molecule has 0 saturated heterocycles. The maximum atomic E-state index is 11.5. The Labute approximate surface area is 196 Å². The summed E-state index contributed by atoms with van der Waals surface area (Å²) in [5.41, 5.74) is 0. The van der Waals surface area contributed by atoms with Gasteiger partial charge in [0, 0.05) is 6.42 Å². The summed E-state index contributed by atoms with van der Waals surface area (Å²) in [6.45, 7) is 5.94. The average Bonchev–Trinajstić information content (AvgIpc) is 3.00. The molecular weight excluding hydrogens is 404 g/mol. The molecule has 0 aromatic carbocycles. The minimum atomic E-state index is -0.467. The van der Waals surface area contributed by atoms with Crippen molar-refractivity contribution in [3.05, 3.63) is 12.2 Å². The average molecular weight is 455 g/mol. The molecule has 188 valence electrons. The molecule has 0 spiro atoms. The summed E-state index contributed by atoms with van der Waals surface area (Å²) in [6, 6.07) is 0. The molecule has 0 heterocycles. The van der Waals surface area contributed by atoms with Gasteiger partial charge in [0.05, 0.1) is 24.4 Å². The molecule has 5 atom stereocenters. The Morgan fingerprint density at radius 1 is 0.938 bits per heavy atom. The summed E-state index contributed by atoms with van der Waals surface area (Å²) in [7, 11) is 0. The Morgan fingerprint density at radius 2 is 1.62 bits per heavy atom. The highest BCUT2D eigenvalue weighted by atomic mass is 16.5. The lowest BCUT2D eigenvalue weighted by Gasteiger charge is -2.23. The summed E-state index contributed by atoms with van der Waals surface area (Å²) in [4.78, 5) is 11.5. The lowest BCUT2D eigenvalue weighted by Crippen LogP contribution is -2.23. The molecule has 0 radical (unpaired) electrons. The largest absolute Gasteiger partial charge is 0.463 e. The van der Waals surface area contributed by atoms with Gasteiger partial charge >= 0.3 is 5.97 Å². The van der Waals surface area contributed by atoms with Crippen molar-refractivity contribution in [1.29, 1.82) is 0 Å². The molecule has 5 nitrogen and oxygen atoms in total. The van der Waals surface area contributed by atoms with E-state index in [1.165, 1.54) is 25.7 Å². The molecule has 1 fully saturated rings. The zero-order valence-corrected chi connectivity index (χ0v) is 20.9. The molecular formula is C27H50O5. The maximum absolute atomic E-state index is 11.5. The smallest absolute Gasteiger partial charge is 0.306 e. The van der Waals surface area contributed by atoms with E-state index in [9.17, 15) is 20.1 Å². The van der Waals surface area contributed by atoms with Crippen LogP contribution in [0.15, 0.2) is 12.2 Å². The van der Waals surface area contributed by atoms with Gasteiger partial charge in [-0.3, -0.25) is 4.79 Å². The number of hydrogen-bond donors (Lipinski definition) is 3. The minimum Gasteiger partial charge on any atom is -0.463 e. The van der Waals surface area contributed by atoms with Crippen LogP contribution in [0.25, 0.3) is 0 Å². The van der Waals surface area contributed by atoms with E-state index in [2.05, 4.69) is 19.1 Å². The topological polar surface area (TPSA) is 87.0 Å². The second kappa shape index (κ2) is 17.6. The Kier molecular flexibility index (Phi) is 16.0. The van der Waals surface area contributed by atoms with Gasteiger partial charge in [0.1, 0.15) is 0 Å². The monoisotopic (exact) mass is 454 g/mol. The number of aliphatic hydroxyl groups excluding tert-OH is 3. The van der Waals surface area contributed by atoms with Gasteiger partial charge in [-0.15, -0.1) is 0 Å². The number of ether oxygens (including phenoxy) is 1. The van der Waals surface area contributed by atoms with Crippen LogP contribution in [0.2, 0.25) is 0 Å². The molecule has 5 heteroatoms. The van der Waals surface area contributed by atoms with E-state index >= 15 is 0 Å². The first-order valence-corrected chi connectivity index (χ1v) is 13.2. The SMILES string of the molecule is CCCCCCCC(O)CC[C@H]1C(O)CC(O)C1CC=CCCCCCC(=O)OC(C)C. The summed E-state index contributed by atoms with van der Waals surface area (Å²) in [5, 5.41) is 31.1. The van der Waals surface area contributed by atoms with Crippen LogP contribution in [0.5, 0.6) is 0 Å². The quantitative estimate of drug-likeness (QED) is 0.141. The third kappa shape index (κ3) is 13.0. The molecule has 0 aliphatic heterocycles. The fourth-order valence-corrected chi connectivity index (χ4v) is 4.82. The third-order valence-electron chi connectivity index (χ3n) is 6.69. The highest BCUT2D eigenvalue weighted by Crippen LogP contribution is 2.38. The van der Waals surface area contributed by atoms with E-state index in [4.69, 9.17) is 4.74 Å². The van der Waals surface area contributed by atoms with Crippen molar-refractivity contribution >= 4 is 5.97 Å². The number of unbranched alkanes of at least 4 members (excludes halogenated alkanes) is 7. The Hall–Kier alpha value is -0.910. The van der Waals surface area contributed by atoms with Crippen LogP contribution in [-0.4, -0.2) is 45.7 Å². The standard InChI is InChI=1S/C27H50O5/c1-4-5-6-9-12-15-22(28)18-19-24-23(25(29)20-26(24)30)16-13-10-7-8-11-14-17-27(31)32-21(2)3/h10,13,21-26,28-30H,4-9,11-12,14-20H2,1-3H3/t22?,23?,24-,25?,26?/m1/s1. The van der Waals surface area contributed by atoms with Crippen molar-refractivity contribution in [2.75, 3.05) is 0 Å². The Balaban J connectivity index is 2.23. The van der Waals surface area contributed by atoms with Crippen LogP contribution >= 0.6 is 0 Å². The number of carbonyl (C=O) groups is 1. The van der Waals surface area contributed by atoms with Gasteiger partial charge in [-0.1, -0.05) is 57.6 Å². The molecule has 4 unspecified atom stereocenters. The summed E-state index contributed by atoms with van der Waals surface area (Å²) in [6.07, 6.45) is 16.9. The first kappa shape index (κ1) is 29.1. The lowest BCUT2D eigenvalue weighted by atomic mass is 9.85. The normalized spacial score (nSPS) is 24.5. The van der Waals surface area contributed by atoms with Crippen molar-refractivity contribution in [2.45, 2.75) is 141 Å². The number of rotatable bonds is 18. The van der Waals surface area contributed by atoms with Crippen molar-refractivity contribution < 1.29 is 24.9 Å². The summed E-state index contributed by atoms with van der Waals surface area (Å²) >= 11 is 0. The van der Waals surface area contributed by atoms with Gasteiger partial charge in [0.15, 0.2) is 0 Å². The van der Waals surface area contributed by atoms with E-state index in [1.807, 2.05) is 13.8 Å². The predicted molar refractivity (Wildman–Crippen MR) is 130 cm³/mol. The molecule has 0 amide bonds. The molecule has 0 bridgehead atoms. The number of esters is 1. The van der Waals surface area contributed by atoms with Crippen LogP contribution in [0.3, 0.4) is 0 Å².